The van der Waals surface area contributed by atoms with Gasteiger partial charge >= 0.3 is 5.97 Å². The van der Waals surface area contributed by atoms with E-state index in [1.54, 1.807) is 39.0 Å². The Kier molecular flexibility index (Phi) is 7.12. The minimum absolute atomic E-state index is 0.106. The second kappa shape index (κ2) is 8.83. The number of ether oxygens (including phenoxy) is 1. The Morgan fingerprint density at radius 3 is 2.56 bits per heavy atom. The molecule has 134 valence electrons. The molecule has 0 aliphatic rings. The van der Waals surface area contributed by atoms with Crippen LogP contribution in [0.1, 0.15) is 36.7 Å². The summed E-state index contributed by atoms with van der Waals surface area (Å²) in [5, 5.41) is 14.1. The van der Waals surface area contributed by atoms with Crippen LogP contribution in [-0.4, -0.2) is 36.5 Å². The van der Waals surface area contributed by atoms with E-state index >= 15 is 0 Å². The number of nitriles is 1. The highest BCUT2D eigenvalue weighted by Crippen LogP contribution is 2.14. The normalized spacial score (nSPS) is 12.6. The van der Waals surface area contributed by atoms with Crippen LogP contribution in [0.4, 0.5) is 0 Å². The van der Waals surface area contributed by atoms with E-state index in [1.165, 1.54) is 0 Å². The molecule has 0 saturated carbocycles. The first-order chi connectivity index (χ1) is 11.7. The maximum absolute atomic E-state index is 11.9. The van der Waals surface area contributed by atoms with Crippen LogP contribution in [-0.2, 0) is 14.3 Å². The predicted octanol–water partition coefficient (Wildman–Crippen LogP) is 1.32. The van der Waals surface area contributed by atoms with E-state index < -0.39 is 29.9 Å². The van der Waals surface area contributed by atoms with Crippen molar-refractivity contribution in [1.29, 1.82) is 5.26 Å². The minimum atomic E-state index is -1.04. The molecule has 0 aromatic heterocycles. The lowest BCUT2D eigenvalue weighted by Crippen LogP contribution is -2.50. The molecule has 7 nitrogen and oxygen atoms in total. The molecular weight excluding hydrogens is 322 g/mol. The van der Waals surface area contributed by atoms with Gasteiger partial charge in [0.2, 0.25) is 0 Å². The summed E-state index contributed by atoms with van der Waals surface area (Å²) < 4.78 is 4.81. The monoisotopic (exact) mass is 345 g/mol. The van der Waals surface area contributed by atoms with Crippen molar-refractivity contribution in [2.75, 3.05) is 13.2 Å². The third-order valence-corrected chi connectivity index (χ3v) is 3.82. The van der Waals surface area contributed by atoms with Crippen molar-refractivity contribution in [3.05, 3.63) is 35.4 Å². The number of benzene rings is 1. The Labute approximate surface area is 147 Å². The Morgan fingerprint density at radius 2 is 2.00 bits per heavy atom. The number of nitrogens with zero attached hydrogens (tertiary/aromatic N) is 1. The Balaban J connectivity index is 2.41. The van der Waals surface area contributed by atoms with Crippen LogP contribution in [0, 0.1) is 24.2 Å². The highest BCUT2D eigenvalue weighted by atomic mass is 16.5. The summed E-state index contributed by atoms with van der Waals surface area (Å²) in [7, 11) is 0. The van der Waals surface area contributed by atoms with E-state index in [2.05, 4.69) is 10.6 Å². The molecule has 0 saturated heterocycles. The molecule has 0 aliphatic carbocycles. The lowest BCUT2D eigenvalue weighted by molar-refractivity contribution is -0.147. The number of esters is 1. The van der Waals surface area contributed by atoms with E-state index in [1.807, 2.05) is 19.1 Å². The summed E-state index contributed by atoms with van der Waals surface area (Å²) in [4.78, 5) is 35.3. The summed E-state index contributed by atoms with van der Waals surface area (Å²) in [5.74, 6) is -1.82. The van der Waals surface area contributed by atoms with E-state index in [-0.39, 0.29) is 12.5 Å². The van der Waals surface area contributed by atoms with Gasteiger partial charge in [0.05, 0.1) is 6.07 Å². The van der Waals surface area contributed by atoms with Gasteiger partial charge in [0, 0.05) is 5.56 Å². The van der Waals surface area contributed by atoms with E-state index in [0.29, 0.717) is 5.56 Å². The van der Waals surface area contributed by atoms with E-state index in [9.17, 15) is 14.4 Å². The van der Waals surface area contributed by atoms with Gasteiger partial charge in [0.1, 0.15) is 12.1 Å². The number of carbonyl (C=O) groups excluding carboxylic acids is 3. The lowest BCUT2D eigenvalue weighted by atomic mass is 9.90. The molecule has 1 aromatic carbocycles. The Hall–Kier alpha value is -2.88. The van der Waals surface area contributed by atoms with Gasteiger partial charge in [-0.1, -0.05) is 31.5 Å². The summed E-state index contributed by atoms with van der Waals surface area (Å²) in [5.41, 5.74) is 0.327. The number of hydrogen-bond acceptors (Lipinski definition) is 5. The highest BCUT2D eigenvalue weighted by molar-refractivity contribution is 5.96. The molecule has 0 radical (unpaired) electrons. The molecule has 1 atom stereocenters. The molecule has 0 unspecified atom stereocenters. The van der Waals surface area contributed by atoms with E-state index in [0.717, 1.165) is 5.56 Å². The van der Waals surface area contributed by atoms with Gasteiger partial charge in [-0.15, -0.1) is 0 Å². The van der Waals surface area contributed by atoms with Gasteiger partial charge in [-0.2, -0.15) is 5.26 Å². The SMILES string of the molecule is Cc1cccc(C(=O)NCC(=O)OCC(=O)N[C@@](C)(C#N)C(C)C)c1. The van der Waals surface area contributed by atoms with Crippen molar-refractivity contribution in [3.8, 4) is 6.07 Å². The van der Waals surface area contributed by atoms with Gasteiger partial charge in [0.15, 0.2) is 6.61 Å². The third-order valence-electron chi connectivity index (χ3n) is 3.82. The first-order valence-electron chi connectivity index (χ1n) is 7.90. The van der Waals surface area contributed by atoms with E-state index in [4.69, 9.17) is 10.00 Å². The third kappa shape index (κ3) is 6.26. The van der Waals surface area contributed by atoms with Crippen molar-refractivity contribution in [2.45, 2.75) is 33.2 Å². The highest BCUT2D eigenvalue weighted by Gasteiger charge is 2.30. The van der Waals surface area contributed by atoms with Crippen molar-refractivity contribution >= 4 is 17.8 Å². The van der Waals surface area contributed by atoms with Crippen LogP contribution in [0.15, 0.2) is 24.3 Å². The zero-order valence-corrected chi connectivity index (χ0v) is 14.9. The molecule has 0 fully saturated rings. The molecule has 0 spiro atoms. The summed E-state index contributed by atoms with van der Waals surface area (Å²) in [6.45, 7) is 6.20. The molecule has 2 N–H and O–H groups in total. The Bertz CT molecular complexity index is 694. The smallest absolute Gasteiger partial charge is 0.325 e. The zero-order valence-electron chi connectivity index (χ0n) is 14.9. The maximum atomic E-state index is 11.9. The van der Waals surface area contributed by atoms with Gasteiger partial charge in [-0.25, -0.2) is 0 Å². The van der Waals surface area contributed by atoms with Crippen molar-refractivity contribution < 1.29 is 19.1 Å². The average molecular weight is 345 g/mol. The molecular formula is C18H23N3O4. The summed E-state index contributed by atoms with van der Waals surface area (Å²) in [6, 6.07) is 8.96. The van der Waals surface area contributed by atoms with Crippen LogP contribution >= 0.6 is 0 Å². The number of hydrogen-bond donors (Lipinski definition) is 2. The van der Waals surface area contributed by atoms with Crippen molar-refractivity contribution in [1.82, 2.24) is 10.6 Å². The number of nitrogens with one attached hydrogen (secondary N) is 2. The van der Waals surface area contributed by atoms with Gasteiger partial charge < -0.3 is 15.4 Å². The maximum Gasteiger partial charge on any atom is 0.325 e. The average Bonchev–Trinajstić information content (AvgIpc) is 2.57. The number of amides is 2. The molecule has 1 aromatic rings. The fourth-order valence-electron chi connectivity index (χ4n) is 1.86. The fourth-order valence-corrected chi connectivity index (χ4v) is 1.86. The number of aryl methyl sites for hydroxylation is 1. The van der Waals surface area contributed by atoms with Crippen LogP contribution in [0.3, 0.4) is 0 Å². The number of rotatable bonds is 7. The van der Waals surface area contributed by atoms with Crippen LogP contribution < -0.4 is 10.6 Å². The van der Waals surface area contributed by atoms with Crippen molar-refractivity contribution in [2.24, 2.45) is 5.92 Å². The lowest BCUT2D eigenvalue weighted by Gasteiger charge is -2.27. The standard InChI is InChI=1S/C18H23N3O4/c1-12(2)18(4,11-19)21-15(22)10-25-16(23)9-20-17(24)14-7-5-6-13(3)8-14/h5-8,12H,9-10H2,1-4H3,(H,20,24)(H,21,22)/t18-/m0/s1. The largest absolute Gasteiger partial charge is 0.454 e. The zero-order chi connectivity index (χ0) is 19.0. The molecule has 7 heteroatoms. The van der Waals surface area contributed by atoms with Crippen LogP contribution in [0.2, 0.25) is 0 Å². The quantitative estimate of drug-likeness (QED) is 0.725. The van der Waals surface area contributed by atoms with Gasteiger partial charge in [-0.05, 0) is 31.9 Å². The molecule has 2 amide bonds. The molecule has 25 heavy (non-hydrogen) atoms. The van der Waals surface area contributed by atoms with Crippen LogP contribution in [0.5, 0.6) is 0 Å². The van der Waals surface area contributed by atoms with Gasteiger partial charge in [0.25, 0.3) is 11.8 Å². The molecule has 0 aliphatic heterocycles. The topological polar surface area (TPSA) is 108 Å². The van der Waals surface area contributed by atoms with Crippen LogP contribution in [0.25, 0.3) is 0 Å². The predicted molar refractivity (Wildman–Crippen MR) is 91.5 cm³/mol. The summed E-state index contributed by atoms with van der Waals surface area (Å²) in [6.07, 6.45) is 0. The van der Waals surface area contributed by atoms with Crippen molar-refractivity contribution in [3.63, 3.8) is 0 Å². The molecule has 0 heterocycles. The van der Waals surface area contributed by atoms with Gasteiger partial charge in [-0.3, -0.25) is 14.4 Å². The fraction of sp³-hybridized carbons (Fsp3) is 0.444. The first-order valence-corrected chi connectivity index (χ1v) is 7.90. The second-order valence-electron chi connectivity index (χ2n) is 6.23. The minimum Gasteiger partial charge on any atom is -0.454 e. The number of carbonyl (C=O) groups is 3. The Morgan fingerprint density at radius 1 is 1.32 bits per heavy atom. The molecule has 1 rings (SSSR count). The summed E-state index contributed by atoms with van der Waals surface area (Å²) >= 11 is 0. The second-order valence-corrected chi connectivity index (χ2v) is 6.23. The molecule has 0 bridgehead atoms. The first kappa shape index (κ1) is 20.2.